The molecule has 7 rings (SSSR count). The Morgan fingerprint density at radius 2 is 1.20 bits per heavy atom. The number of ether oxygens (including phenoxy) is 2. The average Bonchev–Trinajstić information content (AvgIpc) is 3.88. The lowest BCUT2D eigenvalue weighted by Gasteiger charge is -2.07. The normalized spacial score (nSPS) is 12.8. The molecule has 0 atom stereocenters. The Labute approximate surface area is 327 Å². The van der Waals surface area contributed by atoms with E-state index in [1.807, 2.05) is 49.4 Å². The molecule has 5 heterocycles. The van der Waals surface area contributed by atoms with Crippen molar-refractivity contribution in [2.45, 2.75) is 53.4 Å². The second-order valence-corrected chi connectivity index (χ2v) is 14.2. The number of carbonyl (C=O) groups excluding carboxylic acids is 2. The van der Waals surface area contributed by atoms with Crippen molar-refractivity contribution in [3.05, 3.63) is 154 Å². The van der Waals surface area contributed by atoms with Gasteiger partial charge in [-0.1, -0.05) is 79.4 Å². The molecule has 5 aromatic rings. The van der Waals surface area contributed by atoms with E-state index in [1.54, 1.807) is 0 Å². The first-order valence-electron chi connectivity index (χ1n) is 18.8. The van der Waals surface area contributed by atoms with E-state index in [4.69, 9.17) is 19.4 Å². The summed E-state index contributed by atoms with van der Waals surface area (Å²) in [6.07, 6.45) is 5.60. The maximum atomic E-state index is 12.4. The number of esters is 2. The van der Waals surface area contributed by atoms with Crippen molar-refractivity contribution in [2.24, 2.45) is 0 Å². The quantitative estimate of drug-likeness (QED) is 0.138. The van der Waals surface area contributed by atoms with E-state index in [1.165, 1.54) is 14.2 Å². The summed E-state index contributed by atoms with van der Waals surface area (Å²) in [6, 6.07) is 28.8. The number of aromatic amines is 2. The summed E-state index contributed by atoms with van der Waals surface area (Å²) in [5.41, 5.74) is 17.7. The molecule has 0 unspecified atom stereocenters. The number of H-pyrrole nitrogens is 2. The van der Waals surface area contributed by atoms with Gasteiger partial charge in [0.05, 0.1) is 37.0 Å². The number of carbonyl (C=O) groups is 2. The number of fused-ring (bicyclic) bond motifs is 8. The molecule has 0 radical (unpaired) electrons. The summed E-state index contributed by atoms with van der Waals surface area (Å²) in [6.45, 7) is 12.9. The molecule has 0 spiro atoms. The molecule has 3 aromatic heterocycles. The second kappa shape index (κ2) is 16.1. The van der Waals surface area contributed by atoms with Crippen LogP contribution in [0.2, 0.25) is 0 Å². The van der Waals surface area contributed by atoms with Crippen LogP contribution in [0.15, 0.2) is 97.6 Å². The minimum atomic E-state index is -0.287. The number of nitrogens with one attached hydrogen (secondary N) is 2. The zero-order valence-electron chi connectivity index (χ0n) is 32.8. The van der Waals surface area contributed by atoms with Crippen molar-refractivity contribution in [3.8, 4) is 0 Å². The minimum Gasteiger partial charge on any atom is -0.469 e. The topological polar surface area (TPSA) is 110 Å². The highest BCUT2D eigenvalue weighted by Crippen LogP contribution is 2.38. The van der Waals surface area contributed by atoms with Crippen molar-refractivity contribution in [2.75, 3.05) is 14.2 Å². The Morgan fingerprint density at radius 3 is 1.89 bits per heavy atom. The SMILES string of the molecule is C=C(c1ccccc1)c1c(C)c2cc3nc(cc4[nH]c(cc5nc(cc1[nH]2)C(C)=C5/C=C/c1ccccc1)c(C)c4CCC(=O)OC)C(CCC(=O)OC)=C3C. The van der Waals surface area contributed by atoms with Crippen LogP contribution in [0.1, 0.15) is 89.3 Å². The van der Waals surface area contributed by atoms with Crippen LogP contribution in [-0.4, -0.2) is 46.1 Å². The number of benzene rings is 2. The molecule has 8 nitrogen and oxygen atoms in total. The number of methoxy groups -OCH3 is 2. The lowest BCUT2D eigenvalue weighted by molar-refractivity contribution is -0.141. The number of allylic oxidation sites excluding steroid dienone is 5. The molecule has 2 N–H and O–H groups in total. The molecule has 8 bridgehead atoms. The Morgan fingerprint density at radius 1 is 0.643 bits per heavy atom. The number of aryl methyl sites for hydroxylation is 3. The van der Waals surface area contributed by atoms with Gasteiger partial charge in [0.15, 0.2) is 0 Å². The molecule has 2 aliphatic rings. The van der Waals surface area contributed by atoms with Crippen LogP contribution < -0.4 is 0 Å². The van der Waals surface area contributed by atoms with Crippen LogP contribution in [0.4, 0.5) is 0 Å². The van der Waals surface area contributed by atoms with Gasteiger partial charge in [-0.25, -0.2) is 9.97 Å². The molecule has 0 aliphatic carbocycles. The smallest absolute Gasteiger partial charge is 0.305 e. The van der Waals surface area contributed by atoms with E-state index in [2.05, 4.69) is 91.9 Å². The molecule has 8 heteroatoms. The number of aromatic nitrogens is 4. The summed E-state index contributed by atoms with van der Waals surface area (Å²) in [5, 5.41) is 0. The van der Waals surface area contributed by atoms with Gasteiger partial charge in [-0.3, -0.25) is 9.59 Å². The molecule has 282 valence electrons. The molecule has 0 amide bonds. The molecule has 2 aromatic carbocycles. The first-order chi connectivity index (χ1) is 27.1. The van der Waals surface area contributed by atoms with Gasteiger partial charge in [-0.05, 0) is 115 Å². The maximum Gasteiger partial charge on any atom is 0.305 e. The first-order valence-corrected chi connectivity index (χ1v) is 18.8. The number of hydrogen-bond acceptors (Lipinski definition) is 6. The zero-order chi connectivity index (χ0) is 39.5. The van der Waals surface area contributed by atoms with Gasteiger partial charge >= 0.3 is 11.9 Å². The number of hydrogen-bond donors (Lipinski definition) is 2. The monoisotopic (exact) mass is 742 g/mol. The maximum absolute atomic E-state index is 12.4. The van der Waals surface area contributed by atoms with Gasteiger partial charge < -0.3 is 19.4 Å². The second-order valence-electron chi connectivity index (χ2n) is 14.2. The van der Waals surface area contributed by atoms with Crippen LogP contribution in [0.25, 0.3) is 56.0 Å². The van der Waals surface area contributed by atoms with Gasteiger partial charge in [-0.15, -0.1) is 0 Å². The van der Waals surface area contributed by atoms with Crippen molar-refractivity contribution < 1.29 is 19.1 Å². The summed E-state index contributed by atoms with van der Waals surface area (Å²) in [5.74, 6) is -0.569. The first kappa shape index (κ1) is 37.8. The predicted octanol–water partition coefficient (Wildman–Crippen LogP) is 10.6. The third-order valence-corrected chi connectivity index (χ3v) is 10.9. The van der Waals surface area contributed by atoms with Crippen molar-refractivity contribution in [3.63, 3.8) is 0 Å². The fraction of sp³-hybridized carbons (Fsp3) is 0.208. The molecule has 2 aliphatic heterocycles. The fourth-order valence-electron chi connectivity index (χ4n) is 7.55. The molecule has 0 saturated heterocycles. The van der Waals surface area contributed by atoms with Crippen LogP contribution in [0.5, 0.6) is 0 Å². The molecule has 56 heavy (non-hydrogen) atoms. The minimum absolute atomic E-state index is 0.215. The van der Waals surface area contributed by atoms with Crippen LogP contribution in [0.3, 0.4) is 0 Å². The van der Waals surface area contributed by atoms with E-state index in [0.29, 0.717) is 12.8 Å². The van der Waals surface area contributed by atoms with Crippen molar-refractivity contribution in [1.29, 1.82) is 0 Å². The highest BCUT2D eigenvalue weighted by atomic mass is 16.5. The average molecular weight is 743 g/mol. The summed E-state index contributed by atoms with van der Waals surface area (Å²) in [4.78, 5) is 42.7. The largest absolute Gasteiger partial charge is 0.469 e. The predicted molar refractivity (Wildman–Crippen MR) is 227 cm³/mol. The van der Waals surface area contributed by atoms with Crippen molar-refractivity contribution >= 4 is 67.9 Å². The van der Waals surface area contributed by atoms with Crippen LogP contribution >= 0.6 is 0 Å². The van der Waals surface area contributed by atoms with E-state index in [0.717, 1.165) is 106 Å². The molecule has 0 fully saturated rings. The lowest BCUT2D eigenvalue weighted by Crippen LogP contribution is -2.02. The summed E-state index contributed by atoms with van der Waals surface area (Å²) in [7, 11) is 2.81. The van der Waals surface area contributed by atoms with Crippen molar-refractivity contribution in [1.82, 2.24) is 19.9 Å². The summed E-state index contributed by atoms with van der Waals surface area (Å²) >= 11 is 0. The van der Waals surface area contributed by atoms with E-state index in [-0.39, 0.29) is 24.8 Å². The van der Waals surface area contributed by atoms with Crippen LogP contribution in [0, 0.1) is 13.8 Å². The Kier molecular flexibility index (Phi) is 10.8. The van der Waals surface area contributed by atoms with Gasteiger partial charge in [0, 0.05) is 46.0 Å². The Bertz CT molecular complexity index is 2640. The number of rotatable bonds is 10. The van der Waals surface area contributed by atoms with Crippen LogP contribution in [-0.2, 0) is 25.5 Å². The van der Waals surface area contributed by atoms with Gasteiger partial charge in [0.1, 0.15) is 0 Å². The Hall–Kier alpha value is -6.54. The van der Waals surface area contributed by atoms with Gasteiger partial charge in [0.25, 0.3) is 0 Å². The summed E-state index contributed by atoms with van der Waals surface area (Å²) < 4.78 is 10.1. The molecule has 0 saturated carbocycles. The standard InChI is InChI=1S/C48H46N4O4/c1-28(34-16-12-9-13-17-34)48-32(5)41-24-38-30(3)36(20-22-46(53)55-6)43(49-38)27-44-37(21-23-47(54)56-7)31(4)39(50-44)25-42-35(19-18-33-14-10-8-11-15-33)29(2)40(51-42)26-45(48)52-41/h8-19,24-27,50,52H,1,20-23H2,2-7H3/b19-18+,38-24?,39-25?,40-26?,41-24?,42-25?,43-27?,44-27?,45-26?. The Balaban J connectivity index is 1.57. The molecular weight excluding hydrogens is 697 g/mol. The highest BCUT2D eigenvalue weighted by molar-refractivity contribution is 6.00. The van der Waals surface area contributed by atoms with E-state index in [9.17, 15) is 9.59 Å². The fourth-order valence-corrected chi connectivity index (χ4v) is 7.55. The van der Waals surface area contributed by atoms with E-state index >= 15 is 0 Å². The molecular formula is C48H46N4O4. The van der Waals surface area contributed by atoms with E-state index < -0.39 is 0 Å². The third-order valence-electron chi connectivity index (χ3n) is 10.9. The zero-order valence-corrected chi connectivity index (χ0v) is 32.8. The number of nitrogens with zero attached hydrogens (tertiary/aromatic N) is 2. The third kappa shape index (κ3) is 7.55. The highest BCUT2D eigenvalue weighted by Gasteiger charge is 2.22. The van der Waals surface area contributed by atoms with Gasteiger partial charge in [-0.2, -0.15) is 0 Å². The lowest BCUT2D eigenvalue weighted by atomic mass is 9.96. The van der Waals surface area contributed by atoms with Gasteiger partial charge in [0.2, 0.25) is 0 Å².